The van der Waals surface area contributed by atoms with Crippen LogP contribution >= 0.6 is 0 Å². The van der Waals surface area contributed by atoms with Gasteiger partial charge in [0, 0.05) is 18.2 Å². The maximum absolute atomic E-state index is 13.9. The van der Waals surface area contributed by atoms with Gasteiger partial charge >= 0.3 is 6.09 Å². The van der Waals surface area contributed by atoms with E-state index < -0.39 is 29.7 Å². The molecule has 0 bridgehead atoms. The number of hydrogen-bond donors (Lipinski definition) is 3. The van der Waals surface area contributed by atoms with E-state index in [0.29, 0.717) is 12.0 Å². The predicted molar refractivity (Wildman–Crippen MR) is 140 cm³/mol. The Kier molecular flexibility index (Phi) is 10.8. The molecule has 2 rings (SSSR count). The van der Waals surface area contributed by atoms with Gasteiger partial charge in [0.15, 0.2) is 0 Å². The third-order valence-electron chi connectivity index (χ3n) is 6.05. The van der Waals surface area contributed by atoms with Gasteiger partial charge in [-0.25, -0.2) is 4.79 Å². The third kappa shape index (κ3) is 8.88. The van der Waals surface area contributed by atoms with E-state index in [-0.39, 0.29) is 30.2 Å². The second-order valence-electron chi connectivity index (χ2n) is 10.9. The lowest BCUT2D eigenvalue weighted by molar-refractivity contribution is -0.142. The van der Waals surface area contributed by atoms with E-state index in [9.17, 15) is 19.5 Å². The summed E-state index contributed by atoms with van der Waals surface area (Å²) in [5, 5.41) is 16.5. The Bertz CT molecular complexity index is 903. The average molecular weight is 502 g/mol. The molecular weight excluding hydrogens is 458 g/mol. The number of phenols is 1. The summed E-state index contributed by atoms with van der Waals surface area (Å²) in [4.78, 5) is 41.6. The summed E-state index contributed by atoms with van der Waals surface area (Å²) < 4.78 is 5.39. The molecule has 200 valence electrons. The van der Waals surface area contributed by atoms with Crippen LogP contribution in [0.4, 0.5) is 4.79 Å². The number of amides is 3. The van der Waals surface area contributed by atoms with Crippen molar-refractivity contribution in [1.82, 2.24) is 15.5 Å². The minimum absolute atomic E-state index is 0.0200. The van der Waals surface area contributed by atoms with E-state index >= 15 is 0 Å². The summed E-state index contributed by atoms with van der Waals surface area (Å²) in [5.74, 6) is -0.802. The fourth-order valence-corrected chi connectivity index (χ4v) is 4.50. The predicted octanol–water partition coefficient (Wildman–Crippen LogP) is 4.84. The van der Waals surface area contributed by atoms with Gasteiger partial charge in [0.05, 0.1) is 0 Å². The van der Waals surface area contributed by atoms with Crippen LogP contribution in [0.15, 0.2) is 36.9 Å². The minimum Gasteiger partial charge on any atom is -0.508 e. The van der Waals surface area contributed by atoms with Crippen molar-refractivity contribution in [1.29, 1.82) is 0 Å². The Morgan fingerprint density at radius 2 is 1.81 bits per heavy atom. The fraction of sp³-hybridized carbons (Fsp3) is 0.607. The molecule has 0 spiro atoms. The Labute approximate surface area is 215 Å². The molecule has 36 heavy (non-hydrogen) atoms. The monoisotopic (exact) mass is 501 g/mol. The molecule has 0 aromatic heterocycles. The first kappa shape index (κ1) is 29.2. The lowest BCUT2D eigenvalue weighted by atomic mass is 9.94. The van der Waals surface area contributed by atoms with Gasteiger partial charge in [-0.1, -0.05) is 57.4 Å². The number of aromatic hydroxyl groups is 1. The highest BCUT2D eigenvalue weighted by Crippen LogP contribution is 2.31. The summed E-state index contributed by atoms with van der Waals surface area (Å²) >= 11 is 0. The van der Waals surface area contributed by atoms with Crippen molar-refractivity contribution >= 4 is 17.9 Å². The van der Waals surface area contributed by atoms with Gasteiger partial charge in [-0.15, -0.1) is 6.58 Å². The molecule has 3 amide bonds. The van der Waals surface area contributed by atoms with Gasteiger partial charge in [0.1, 0.15) is 23.4 Å². The zero-order chi connectivity index (χ0) is 26.9. The van der Waals surface area contributed by atoms with E-state index in [0.717, 1.165) is 32.1 Å². The van der Waals surface area contributed by atoms with Crippen molar-refractivity contribution in [3.05, 3.63) is 42.5 Å². The maximum atomic E-state index is 13.9. The fourth-order valence-electron chi connectivity index (χ4n) is 4.50. The van der Waals surface area contributed by atoms with Gasteiger partial charge < -0.3 is 25.4 Å². The van der Waals surface area contributed by atoms with Crippen LogP contribution in [0.2, 0.25) is 0 Å². The molecule has 0 heterocycles. The normalized spacial score (nSPS) is 16.1. The molecule has 1 aromatic rings. The Balaban J connectivity index is 2.43. The number of carbonyl (C=O) groups is 3. The second-order valence-corrected chi connectivity index (χ2v) is 10.9. The number of alkyl carbamates (subject to hydrolysis) is 1. The quantitative estimate of drug-likeness (QED) is 0.398. The molecule has 8 heteroatoms. The van der Waals surface area contributed by atoms with Crippen molar-refractivity contribution in [3.63, 3.8) is 0 Å². The number of hydrogen-bond acceptors (Lipinski definition) is 5. The van der Waals surface area contributed by atoms with Crippen LogP contribution in [0.3, 0.4) is 0 Å². The number of rotatable bonds is 10. The SMILES string of the molecule is C=CCN(C(=O)C(CC(C)C)NC(=O)OC(C)(C)C)C(C(=O)NC1CCCCC1)c1ccccc1O. The number of carbonyl (C=O) groups excluding carboxylic acids is 3. The van der Waals surface area contributed by atoms with E-state index in [1.54, 1.807) is 45.0 Å². The molecule has 0 aliphatic heterocycles. The average Bonchev–Trinajstić information content (AvgIpc) is 2.78. The Morgan fingerprint density at radius 1 is 1.17 bits per heavy atom. The minimum atomic E-state index is -1.09. The van der Waals surface area contributed by atoms with Crippen molar-refractivity contribution < 1.29 is 24.2 Å². The lowest BCUT2D eigenvalue weighted by Crippen LogP contribution is -2.54. The van der Waals surface area contributed by atoms with Gasteiger partial charge in [-0.2, -0.15) is 0 Å². The van der Waals surface area contributed by atoms with Gasteiger partial charge in [-0.3, -0.25) is 9.59 Å². The topological polar surface area (TPSA) is 108 Å². The van der Waals surface area contributed by atoms with Crippen molar-refractivity contribution in [2.24, 2.45) is 5.92 Å². The van der Waals surface area contributed by atoms with E-state index in [4.69, 9.17) is 4.74 Å². The van der Waals surface area contributed by atoms with Crippen molar-refractivity contribution in [2.75, 3.05) is 6.54 Å². The van der Waals surface area contributed by atoms with Crippen LogP contribution in [-0.4, -0.2) is 52.1 Å². The maximum Gasteiger partial charge on any atom is 0.408 e. The molecule has 1 aliphatic rings. The molecule has 2 atom stereocenters. The molecule has 2 unspecified atom stereocenters. The lowest BCUT2D eigenvalue weighted by Gasteiger charge is -2.35. The molecule has 3 N–H and O–H groups in total. The highest BCUT2D eigenvalue weighted by atomic mass is 16.6. The Morgan fingerprint density at radius 3 is 2.36 bits per heavy atom. The summed E-state index contributed by atoms with van der Waals surface area (Å²) in [6, 6.07) is 4.54. The number of ether oxygens (including phenoxy) is 1. The molecule has 0 radical (unpaired) electrons. The van der Waals surface area contributed by atoms with Gasteiger partial charge in [0.25, 0.3) is 0 Å². The Hall–Kier alpha value is -3.03. The molecular formula is C28H43N3O5. The van der Waals surface area contributed by atoms with Crippen LogP contribution in [0.25, 0.3) is 0 Å². The molecule has 1 saturated carbocycles. The molecule has 8 nitrogen and oxygen atoms in total. The van der Waals surface area contributed by atoms with Crippen molar-refractivity contribution in [3.8, 4) is 5.75 Å². The zero-order valence-electron chi connectivity index (χ0n) is 22.4. The van der Waals surface area contributed by atoms with E-state index in [2.05, 4.69) is 17.2 Å². The second kappa shape index (κ2) is 13.3. The zero-order valence-corrected chi connectivity index (χ0v) is 22.4. The number of benzene rings is 1. The number of nitrogens with one attached hydrogen (secondary N) is 2. The summed E-state index contributed by atoms with van der Waals surface area (Å²) in [6.45, 7) is 13.0. The van der Waals surface area contributed by atoms with Crippen LogP contribution in [0, 0.1) is 5.92 Å². The smallest absolute Gasteiger partial charge is 0.408 e. The third-order valence-corrected chi connectivity index (χ3v) is 6.05. The largest absolute Gasteiger partial charge is 0.508 e. The first-order valence-corrected chi connectivity index (χ1v) is 12.9. The van der Waals surface area contributed by atoms with E-state index in [1.807, 2.05) is 13.8 Å². The van der Waals surface area contributed by atoms with Gasteiger partial charge in [-0.05, 0) is 52.0 Å². The van der Waals surface area contributed by atoms with E-state index in [1.165, 1.54) is 11.0 Å². The van der Waals surface area contributed by atoms with Crippen molar-refractivity contribution in [2.45, 2.75) is 96.9 Å². The van der Waals surface area contributed by atoms with Gasteiger partial charge in [0.2, 0.25) is 11.8 Å². The summed E-state index contributed by atoms with van der Waals surface area (Å²) in [5.41, 5.74) is -0.407. The molecule has 1 fully saturated rings. The standard InChI is InChI=1S/C28H43N3O5/c1-7-17-31(26(34)22(18-19(2)3)30-27(35)36-28(4,5)6)24(21-15-11-12-16-23(21)32)25(33)29-20-13-9-8-10-14-20/h7,11-12,15-16,19-20,22,24,32H,1,8-10,13-14,17-18H2,2-6H3,(H,29,33)(H,30,35). The van der Waals surface area contributed by atoms with Crippen LogP contribution in [0.1, 0.15) is 84.7 Å². The highest BCUT2D eigenvalue weighted by Gasteiger charge is 2.37. The highest BCUT2D eigenvalue weighted by molar-refractivity contribution is 5.92. The number of phenolic OH excluding ortho intramolecular Hbond substituents is 1. The summed E-state index contributed by atoms with van der Waals surface area (Å²) in [7, 11) is 0. The molecule has 1 aromatic carbocycles. The van der Waals surface area contributed by atoms with Crippen LogP contribution in [0.5, 0.6) is 5.75 Å². The first-order valence-electron chi connectivity index (χ1n) is 12.9. The molecule has 1 aliphatic carbocycles. The van der Waals surface area contributed by atoms with Crippen LogP contribution < -0.4 is 10.6 Å². The number of nitrogens with zero attached hydrogens (tertiary/aromatic N) is 1. The summed E-state index contributed by atoms with van der Waals surface area (Å²) in [6.07, 6.45) is 6.17. The number of para-hydroxylation sites is 1. The molecule has 0 saturated heterocycles. The van der Waals surface area contributed by atoms with Crippen LogP contribution in [-0.2, 0) is 14.3 Å². The first-order chi connectivity index (χ1) is 16.9.